The Morgan fingerprint density at radius 1 is 1.00 bits per heavy atom. The van der Waals surface area contributed by atoms with Gasteiger partial charge in [0.05, 0.1) is 24.0 Å². The number of rotatable bonds is 6. The Kier molecular flexibility index (Phi) is 5.96. The van der Waals surface area contributed by atoms with E-state index in [2.05, 4.69) is 9.88 Å². The summed E-state index contributed by atoms with van der Waals surface area (Å²) in [4.78, 5) is 6.18. The number of aromatic nitrogens is 1. The van der Waals surface area contributed by atoms with Crippen molar-refractivity contribution in [3.05, 3.63) is 94.8 Å². The molecule has 0 radical (unpaired) electrons. The molecule has 0 bridgehead atoms. The smallest absolute Gasteiger partial charge is 0.232 e. The SMILES string of the molecule is CS(=O)(=O)N(c1cc(F)cc(F)c1)C1CN(C(c2ccncc2)c2ccc(Cl)cc2)C1. The normalized spacial score (nSPS) is 16.0. The van der Waals surface area contributed by atoms with E-state index in [-0.39, 0.29) is 11.7 Å². The van der Waals surface area contributed by atoms with Gasteiger partial charge in [0.15, 0.2) is 0 Å². The Bertz CT molecular complexity index is 1150. The van der Waals surface area contributed by atoms with Gasteiger partial charge in [0.25, 0.3) is 0 Å². The van der Waals surface area contributed by atoms with Gasteiger partial charge >= 0.3 is 0 Å². The van der Waals surface area contributed by atoms with Gasteiger partial charge in [-0.3, -0.25) is 14.2 Å². The van der Waals surface area contributed by atoms with Gasteiger partial charge in [-0.15, -0.1) is 0 Å². The zero-order valence-corrected chi connectivity index (χ0v) is 18.2. The predicted octanol–water partition coefficient (Wildman–Crippen LogP) is 4.25. The van der Waals surface area contributed by atoms with Crippen LogP contribution in [0.25, 0.3) is 0 Å². The molecule has 3 aromatic rings. The first-order chi connectivity index (χ1) is 14.7. The fourth-order valence-corrected chi connectivity index (χ4v) is 5.28. The third-order valence-electron chi connectivity index (χ3n) is 5.25. The molecule has 1 aliphatic heterocycles. The van der Waals surface area contributed by atoms with Crippen molar-refractivity contribution in [3.63, 3.8) is 0 Å². The highest BCUT2D eigenvalue weighted by Crippen LogP contribution is 2.36. The van der Waals surface area contributed by atoms with Gasteiger partial charge in [0, 0.05) is 36.6 Å². The van der Waals surface area contributed by atoms with Crippen LogP contribution in [0.15, 0.2) is 67.0 Å². The van der Waals surface area contributed by atoms with Crippen LogP contribution >= 0.6 is 11.6 Å². The fraction of sp³-hybridized carbons (Fsp3) is 0.227. The van der Waals surface area contributed by atoms with Crippen molar-refractivity contribution < 1.29 is 17.2 Å². The number of nitrogens with zero attached hydrogens (tertiary/aromatic N) is 3. The highest BCUT2D eigenvalue weighted by atomic mass is 35.5. The Hall–Kier alpha value is -2.55. The standard InChI is InChI=1S/C22H20ClF2N3O2S/c1-31(29,30)28(20-11-18(24)10-19(25)12-20)21-13-27(14-21)22(16-6-8-26-9-7-16)15-2-4-17(23)5-3-15/h2-12,21-22H,13-14H2,1H3. The number of pyridine rings is 1. The van der Waals surface area contributed by atoms with Crippen LogP contribution < -0.4 is 4.31 Å². The van der Waals surface area contributed by atoms with Gasteiger partial charge in [-0.05, 0) is 47.5 Å². The highest BCUT2D eigenvalue weighted by Gasteiger charge is 2.40. The number of anilines is 1. The van der Waals surface area contributed by atoms with Gasteiger partial charge in [-0.2, -0.15) is 0 Å². The van der Waals surface area contributed by atoms with Crippen LogP contribution in [-0.4, -0.2) is 43.7 Å². The molecule has 5 nitrogen and oxygen atoms in total. The summed E-state index contributed by atoms with van der Waals surface area (Å²) in [6.07, 6.45) is 4.44. The number of likely N-dealkylation sites (tertiary alicyclic amines) is 1. The lowest BCUT2D eigenvalue weighted by atomic mass is 9.93. The minimum Gasteiger partial charge on any atom is -0.288 e. The Morgan fingerprint density at radius 3 is 2.10 bits per heavy atom. The van der Waals surface area contributed by atoms with E-state index in [1.165, 1.54) is 0 Å². The summed E-state index contributed by atoms with van der Waals surface area (Å²) in [5, 5.41) is 0.620. The Morgan fingerprint density at radius 2 is 1.55 bits per heavy atom. The zero-order chi connectivity index (χ0) is 22.2. The first kappa shape index (κ1) is 21.7. The molecule has 1 aromatic heterocycles. The van der Waals surface area contributed by atoms with E-state index in [1.54, 1.807) is 24.5 Å². The van der Waals surface area contributed by atoms with Crippen molar-refractivity contribution in [2.45, 2.75) is 12.1 Å². The van der Waals surface area contributed by atoms with Crippen LogP contribution in [0, 0.1) is 11.6 Å². The lowest BCUT2D eigenvalue weighted by Crippen LogP contribution is -2.61. The average Bonchev–Trinajstić information content (AvgIpc) is 2.66. The topological polar surface area (TPSA) is 53.5 Å². The fourth-order valence-electron chi connectivity index (χ4n) is 3.99. The molecule has 9 heteroatoms. The molecule has 0 amide bonds. The van der Waals surface area contributed by atoms with Crippen molar-refractivity contribution in [3.8, 4) is 0 Å². The maximum absolute atomic E-state index is 13.8. The molecule has 31 heavy (non-hydrogen) atoms. The lowest BCUT2D eigenvalue weighted by Gasteiger charge is -2.48. The first-order valence-electron chi connectivity index (χ1n) is 9.57. The van der Waals surface area contributed by atoms with E-state index in [0.29, 0.717) is 18.1 Å². The van der Waals surface area contributed by atoms with E-state index in [0.717, 1.165) is 39.9 Å². The van der Waals surface area contributed by atoms with Crippen molar-refractivity contribution in [1.82, 2.24) is 9.88 Å². The van der Waals surface area contributed by atoms with Crippen LogP contribution in [0.2, 0.25) is 5.02 Å². The van der Waals surface area contributed by atoms with Crippen molar-refractivity contribution in [1.29, 1.82) is 0 Å². The van der Waals surface area contributed by atoms with Crippen LogP contribution in [-0.2, 0) is 10.0 Å². The number of sulfonamides is 1. The van der Waals surface area contributed by atoms with E-state index in [9.17, 15) is 17.2 Å². The van der Waals surface area contributed by atoms with Crippen LogP contribution in [0.3, 0.4) is 0 Å². The van der Waals surface area contributed by atoms with Gasteiger partial charge in [-0.1, -0.05) is 23.7 Å². The van der Waals surface area contributed by atoms with Crippen molar-refractivity contribution in [2.75, 3.05) is 23.7 Å². The summed E-state index contributed by atoms with van der Waals surface area (Å²) >= 11 is 6.04. The molecule has 1 unspecified atom stereocenters. The van der Waals surface area contributed by atoms with Crippen molar-refractivity contribution in [2.24, 2.45) is 0 Å². The molecule has 0 aliphatic carbocycles. The summed E-state index contributed by atoms with van der Waals surface area (Å²) in [6.45, 7) is 0.779. The van der Waals surface area contributed by atoms with Gasteiger partial charge in [-0.25, -0.2) is 17.2 Å². The maximum atomic E-state index is 13.8. The minimum atomic E-state index is -3.75. The van der Waals surface area contributed by atoms with Crippen LogP contribution in [0.5, 0.6) is 0 Å². The molecule has 0 N–H and O–H groups in total. The third-order valence-corrected chi connectivity index (χ3v) is 6.73. The van der Waals surface area contributed by atoms with E-state index < -0.39 is 27.7 Å². The van der Waals surface area contributed by atoms with E-state index in [4.69, 9.17) is 11.6 Å². The third kappa shape index (κ3) is 4.71. The molecule has 2 aromatic carbocycles. The Balaban J connectivity index is 1.64. The molecule has 2 heterocycles. The number of hydrogen-bond donors (Lipinski definition) is 0. The predicted molar refractivity (Wildman–Crippen MR) is 117 cm³/mol. The molecule has 0 spiro atoms. The zero-order valence-electron chi connectivity index (χ0n) is 16.6. The Labute approximate surface area is 184 Å². The second-order valence-electron chi connectivity index (χ2n) is 7.53. The summed E-state index contributed by atoms with van der Waals surface area (Å²) in [7, 11) is -3.75. The van der Waals surface area contributed by atoms with Crippen LogP contribution in [0.1, 0.15) is 17.2 Å². The molecule has 0 saturated carbocycles. The summed E-state index contributed by atoms with van der Waals surface area (Å²) < 4.78 is 53.6. The average molecular weight is 464 g/mol. The molecule has 1 saturated heterocycles. The highest BCUT2D eigenvalue weighted by molar-refractivity contribution is 7.92. The quantitative estimate of drug-likeness (QED) is 0.548. The lowest BCUT2D eigenvalue weighted by molar-refractivity contribution is 0.116. The molecular weight excluding hydrogens is 444 g/mol. The van der Waals surface area contributed by atoms with Gasteiger partial charge in [0.2, 0.25) is 10.0 Å². The number of hydrogen-bond acceptors (Lipinski definition) is 4. The maximum Gasteiger partial charge on any atom is 0.232 e. The number of halogens is 3. The van der Waals surface area contributed by atoms with Gasteiger partial charge < -0.3 is 0 Å². The molecular formula is C22H20ClF2N3O2S. The summed E-state index contributed by atoms with van der Waals surface area (Å²) in [5.41, 5.74) is 1.98. The number of benzene rings is 2. The second kappa shape index (κ2) is 8.53. The monoisotopic (exact) mass is 463 g/mol. The van der Waals surface area contributed by atoms with Gasteiger partial charge in [0.1, 0.15) is 11.6 Å². The second-order valence-corrected chi connectivity index (χ2v) is 9.82. The molecule has 1 fully saturated rings. The molecule has 1 aliphatic rings. The molecule has 4 rings (SSSR count). The molecule has 1 atom stereocenters. The van der Waals surface area contributed by atoms with Crippen LogP contribution in [0.4, 0.5) is 14.5 Å². The summed E-state index contributed by atoms with van der Waals surface area (Å²) in [5.74, 6) is -1.65. The van der Waals surface area contributed by atoms with E-state index >= 15 is 0 Å². The minimum absolute atomic E-state index is 0.0170. The molecule has 162 valence electrons. The largest absolute Gasteiger partial charge is 0.288 e. The van der Waals surface area contributed by atoms with Crippen molar-refractivity contribution >= 4 is 27.3 Å². The summed E-state index contributed by atoms with van der Waals surface area (Å²) in [6, 6.07) is 13.5. The first-order valence-corrected chi connectivity index (χ1v) is 11.8. The van der Waals surface area contributed by atoms with E-state index in [1.807, 2.05) is 24.3 Å².